The first-order valence-corrected chi connectivity index (χ1v) is 8.68. The van der Waals surface area contributed by atoms with Gasteiger partial charge in [-0.3, -0.25) is 14.9 Å². The summed E-state index contributed by atoms with van der Waals surface area (Å²) < 4.78 is 1.93. The van der Waals surface area contributed by atoms with Crippen LogP contribution in [0, 0.1) is 10.1 Å². The number of fused-ring (bicyclic) bond motifs is 1. The van der Waals surface area contributed by atoms with Gasteiger partial charge in [-0.25, -0.2) is 4.98 Å². The number of rotatable bonds is 4. The van der Waals surface area contributed by atoms with E-state index in [2.05, 4.69) is 10.3 Å². The average molecular weight is 393 g/mol. The van der Waals surface area contributed by atoms with E-state index in [1.54, 1.807) is 12.1 Å². The minimum Gasteiger partial charge on any atom is -0.322 e. The van der Waals surface area contributed by atoms with Gasteiger partial charge < -0.3 is 9.72 Å². The SMILES string of the molecule is O=C(Nc1ccc(-c2cn3ccccc3n2)cc1)c1ccc([N+](=O)[O-])cc1Cl. The molecule has 4 rings (SSSR count). The molecule has 7 nitrogen and oxygen atoms in total. The van der Waals surface area contributed by atoms with Crippen molar-refractivity contribution in [3.05, 3.63) is 93.8 Å². The molecule has 2 aromatic carbocycles. The number of amides is 1. The van der Waals surface area contributed by atoms with Crippen LogP contribution in [0.5, 0.6) is 0 Å². The normalized spacial score (nSPS) is 10.8. The molecule has 0 bridgehead atoms. The van der Waals surface area contributed by atoms with Crippen molar-refractivity contribution in [3.8, 4) is 11.3 Å². The Balaban J connectivity index is 1.53. The van der Waals surface area contributed by atoms with Crippen molar-refractivity contribution in [1.82, 2.24) is 9.38 Å². The lowest BCUT2D eigenvalue weighted by molar-refractivity contribution is -0.384. The number of carbonyl (C=O) groups is 1. The number of nitrogens with zero attached hydrogens (tertiary/aromatic N) is 3. The van der Waals surface area contributed by atoms with Gasteiger partial charge in [-0.15, -0.1) is 0 Å². The van der Waals surface area contributed by atoms with Crippen molar-refractivity contribution in [2.75, 3.05) is 5.32 Å². The number of non-ortho nitro benzene ring substituents is 1. The largest absolute Gasteiger partial charge is 0.322 e. The molecule has 1 amide bonds. The zero-order valence-corrected chi connectivity index (χ0v) is 15.1. The van der Waals surface area contributed by atoms with Crippen LogP contribution in [0.2, 0.25) is 5.02 Å². The highest BCUT2D eigenvalue weighted by Crippen LogP contribution is 2.25. The van der Waals surface area contributed by atoms with E-state index >= 15 is 0 Å². The molecule has 0 spiro atoms. The zero-order chi connectivity index (χ0) is 19.7. The lowest BCUT2D eigenvalue weighted by Crippen LogP contribution is -2.12. The Morgan fingerprint density at radius 2 is 1.89 bits per heavy atom. The van der Waals surface area contributed by atoms with E-state index in [0.717, 1.165) is 23.0 Å². The number of nitrogens with one attached hydrogen (secondary N) is 1. The third-order valence-electron chi connectivity index (χ3n) is 4.21. The van der Waals surface area contributed by atoms with Crippen LogP contribution >= 0.6 is 11.6 Å². The maximum atomic E-state index is 12.4. The Labute approximate surface area is 164 Å². The standard InChI is InChI=1S/C20H13ClN4O3/c21-17-11-15(25(27)28)8-9-16(17)20(26)22-14-6-4-13(5-7-14)18-12-24-10-2-1-3-19(24)23-18/h1-12H,(H,22,26). The molecule has 2 heterocycles. The van der Waals surface area contributed by atoms with E-state index in [4.69, 9.17) is 11.6 Å². The summed E-state index contributed by atoms with van der Waals surface area (Å²) in [5, 5.41) is 13.5. The van der Waals surface area contributed by atoms with Gasteiger partial charge in [0.05, 0.1) is 21.2 Å². The fraction of sp³-hybridized carbons (Fsp3) is 0. The van der Waals surface area contributed by atoms with Gasteiger partial charge >= 0.3 is 0 Å². The van der Waals surface area contributed by atoms with Gasteiger partial charge in [-0.1, -0.05) is 29.8 Å². The number of benzene rings is 2. The number of hydrogen-bond donors (Lipinski definition) is 1. The fourth-order valence-corrected chi connectivity index (χ4v) is 3.06. The van der Waals surface area contributed by atoms with Crippen LogP contribution in [-0.2, 0) is 0 Å². The van der Waals surface area contributed by atoms with Crippen LogP contribution in [0.1, 0.15) is 10.4 Å². The highest BCUT2D eigenvalue weighted by atomic mass is 35.5. The number of hydrogen-bond acceptors (Lipinski definition) is 4. The van der Waals surface area contributed by atoms with Crippen LogP contribution in [-0.4, -0.2) is 20.2 Å². The van der Waals surface area contributed by atoms with E-state index in [-0.39, 0.29) is 16.3 Å². The summed E-state index contributed by atoms with van der Waals surface area (Å²) in [5.41, 5.74) is 3.15. The lowest BCUT2D eigenvalue weighted by atomic mass is 10.1. The number of carbonyl (C=O) groups excluding carboxylic acids is 1. The molecule has 1 N–H and O–H groups in total. The summed E-state index contributed by atoms with van der Waals surface area (Å²) in [5.74, 6) is -0.444. The van der Waals surface area contributed by atoms with Crippen molar-refractivity contribution < 1.29 is 9.72 Å². The molecule has 4 aromatic rings. The molecule has 0 radical (unpaired) electrons. The van der Waals surface area contributed by atoms with E-state index in [0.29, 0.717) is 5.69 Å². The molecule has 0 fully saturated rings. The van der Waals surface area contributed by atoms with Crippen LogP contribution in [0.3, 0.4) is 0 Å². The second-order valence-corrected chi connectivity index (χ2v) is 6.45. The van der Waals surface area contributed by atoms with Crippen LogP contribution in [0.4, 0.5) is 11.4 Å². The molecule has 0 aliphatic heterocycles. The van der Waals surface area contributed by atoms with Crippen LogP contribution in [0.15, 0.2) is 73.1 Å². The van der Waals surface area contributed by atoms with Gasteiger partial charge in [-0.2, -0.15) is 0 Å². The first-order valence-electron chi connectivity index (χ1n) is 8.31. The van der Waals surface area contributed by atoms with E-state index in [1.165, 1.54) is 12.1 Å². The molecular weight excluding hydrogens is 380 g/mol. The van der Waals surface area contributed by atoms with Crippen molar-refractivity contribution in [3.63, 3.8) is 0 Å². The van der Waals surface area contributed by atoms with Gasteiger partial charge in [0.1, 0.15) is 5.65 Å². The first-order chi connectivity index (χ1) is 13.5. The Morgan fingerprint density at radius 1 is 1.11 bits per heavy atom. The summed E-state index contributed by atoms with van der Waals surface area (Å²) >= 11 is 6.00. The molecule has 0 saturated carbocycles. The van der Waals surface area contributed by atoms with E-state index in [1.807, 2.05) is 47.1 Å². The highest BCUT2D eigenvalue weighted by Gasteiger charge is 2.15. The van der Waals surface area contributed by atoms with Gasteiger partial charge in [0.2, 0.25) is 0 Å². The Hall–Kier alpha value is -3.71. The summed E-state index contributed by atoms with van der Waals surface area (Å²) in [6.45, 7) is 0. The number of anilines is 1. The molecule has 0 aliphatic carbocycles. The second kappa shape index (κ2) is 7.13. The molecule has 8 heteroatoms. The van der Waals surface area contributed by atoms with E-state index in [9.17, 15) is 14.9 Å². The van der Waals surface area contributed by atoms with Crippen molar-refractivity contribution in [2.45, 2.75) is 0 Å². The Bertz CT molecular complexity index is 1170. The molecule has 0 unspecified atom stereocenters. The zero-order valence-electron chi connectivity index (χ0n) is 14.4. The number of aromatic nitrogens is 2. The predicted molar refractivity (Wildman–Crippen MR) is 107 cm³/mol. The fourth-order valence-electron chi connectivity index (χ4n) is 2.80. The number of halogens is 1. The highest BCUT2D eigenvalue weighted by molar-refractivity contribution is 6.34. The number of imidazole rings is 1. The average Bonchev–Trinajstić information content (AvgIpc) is 3.12. The van der Waals surface area contributed by atoms with Crippen molar-refractivity contribution in [1.29, 1.82) is 0 Å². The molecule has 0 atom stereocenters. The maximum absolute atomic E-state index is 12.4. The number of nitro groups is 1. The quantitative estimate of drug-likeness (QED) is 0.398. The maximum Gasteiger partial charge on any atom is 0.270 e. The minimum atomic E-state index is -0.564. The summed E-state index contributed by atoms with van der Waals surface area (Å²) in [6.07, 6.45) is 3.86. The first kappa shape index (κ1) is 17.7. The summed E-state index contributed by atoms with van der Waals surface area (Å²) in [6, 6.07) is 16.7. The minimum absolute atomic E-state index is 0.0213. The molecular formula is C20H13ClN4O3. The second-order valence-electron chi connectivity index (χ2n) is 6.04. The molecule has 138 valence electrons. The Morgan fingerprint density at radius 3 is 2.57 bits per heavy atom. The predicted octanol–water partition coefficient (Wildman–Crippen LogP) is 4.82. The lowest BCUT2D eigenvalue weighted by Gasteiger charge is -2.07. The van der Waals surface area contributed by atoms with Crippen LogP contribution < -0.4 is 5.32 Å². The molecule has 0 aliphatic rings. The van der Waals surface area contributed by atoms with Crippen molar-refractivity contribution in [2.24, 2.45) is 0 Å². The summed E-state index contributed by atoms with van der Waals surface area (Å²) in [7, 11) is 0. The molecule has 0 saturated heterocycles. The monoisotopic (exact) mass is 392 g/mol. The third kappa shape index (κ3) is 3.43. The van der Waals surface area contributed by atoms with Gasteiger partial charge in [0, 0.05) is 35.8 Å². The van der Waals surface area contributed by atoms with Crippen LogP contribution in [0.25, 0.3) is 16.9 Å². The van der Waals surface area contributed by atoms with E-state index < -0.39 is 10.8 Å². The number of pyridine rings is 1. The van der Waals surface area contributed by atoms with Gasteiger partial charge in [0.25, 0.3) is 11.6 Å². The third-order valence-corrected chi connectivity index (χ3v) is 4.52. The molecule has 28 heavy (non-hydrogen) atoms. The smallest absolute Gasteiger partial charge is 0.270 e. The van der Waals surface area contributed by atoms with Gasteiger partial charge in [0.15, 0.2) is 0 Å². The topological polar surface area (TPSA) is 89.5 Å². The van der Waals surface area contributed by atoms with Gasteiger partial charge in [-0.05, 0) is 30.3 Å². The Kier molecular flexibility index (Phi) is 4.50. The summed E-state index contributed by atoms with van der Waals surface area (Å²) in [4.78, 5) is 27.2. The molecule has 2 aromatic heterocycles. The van der Waals surface area contributed by atoms with Crippen molar-refractivity contribution >= 4 is 34.5 Å². The number of nitro benzene ring substituents is 1.